The van der Waals surface area contributed by atoms with Crippen molar-refractivity contribution in [3.8, 4) is 0 Å². The summed E-state index contributed by atoms with van der Waals surface area (Å²) in [6.07, 6.45) is 0.280. The van der Waals surface area contributed by atoms with E-state index in [4.69, 9.17) is 14.3 Å². The first-order valence-corrected chi connectivity index (χ1v) is 7.31. The van der Waals surface area contributed by atoms with Gasteiger partial charge in [-0.1, -0.05) is 32.0 Å². The number of furan rings is 1. The zero-order chi connectivity index (χ0) is 16.1. The molecule has 0 spiro atoms. The number of para-hydroxylation sites is 1. The molecule has 0 amide bonds. The Bertz CT molecular complexity index is 623. The second-order valence-electron chi connectivity index (χ2n) is 5.78. The van der Waals surface area contributed by atoms with Crippen LogP contribution in [0.25, 0.3) is 11.0 Å². The van der Waals surface area contributed by atoms with Crippen LogP contribution in [0, 0.1) is 11.8 Å². The van der Waals surface area contributed by atoms with E-state index in [1.54, 1.807) is 0 Å². The van der Waals surface area contributed by atoms with Crippen molar-refractivity contribution in [2.45, 2.75) is 33.3 Å². The summed E-state index contributed by atoms with van der Waals surface area (Å²) < 4.78 is 10.8. The molecule has 1 aromatic carbocycles. The van der Waals surface area contributed by atoms with Gasteiger partial charge in [-0.15, -0.1) is 0 Å². The number of ether oxygens (including phenoxy) is 1. The highest BCUT2D eigenvalue weighted by atomic mass is 16.5. The predicted molar refractivity (Wildman–Crippen MR) is 81.2 cm³/mol. The van der Waals surface area contributed by atoms with Crippen molar-refractivity contribution in [1.82, 2.24) is 0 Å². The summed E-state index contributed by atoms with van der Waals surface area (Å²) in [4.78, 5) is 22.9. The number of hydrogen-bond acceptors (Lipinski definition) is 4. The molecule has 1 N–H and O–H groups in total. The molecule has 5 nitrogen and oxygen atoms in total. The normalized spacial score (nSPS) is 12.5. The molecule has 1 heterocycles. The van der Waals surface area contributed by atoms with Crippen LogP contribution in [0.1, 0.15) is 32.4 Å². The number of benzene rings is 1. The number of carbonyl (C=O) groups is 2. The molecule has 1 aromatic heterocycles. The van der Waals surface area contributed by atoms with Crippen LogP contribution in [0.15, 0.2) is 34.7 Å². The van der Waals surface area contributed by atoms with E-state index >= 15 is 0 Å². The van der Waals surface area contributed by atoms with E-state index in [9.17, 15) is 9.59 Å². The van der Waals surface area contributed by atoms with E-state index in [-0.39, 0.29) is 18.9 Å². The van der Waals surface area contributed by atoms with Gasteiger partial charge in [0.1, 0.15) is 18.0 Å². The predicted octanol–water partition coefficient (Wildman–Crippen LogP) is 3.61. The molecule has 0 saturated heterocycles. The Morgan fingerprint density at radius 1 is 1.27 bits per heavy atom. The Kier molecular flexibility index (Phi) is 5.20. The molecule has 22 heavy (non-hydrogen) atoms. The molecule has 5 heteroatoms. The van der Waals surface area contributed by atoms with Crippen LogP contribution >= 0.6 is 0 Å². The fourth-order valence-corrected chi connectivity index (χ4v) is 2.41. The highest BCUT2D eigenvalue weighted by Crippen LogP contribution is 2.21. The lowest BCUT2D eigenvalue weighted by molar-refractivity contribution is -0.155. The summed E-state index contributed by atoms with van der Waals surface area (Å²) in [5.41, 5.74) is 0.734. The maximum absolute atomic E-state index is 12.1. The molecule has 2 rings (SSSR count). The number of fused-ring (bicyclic) bond motifs is 1. The third-order valence-corrected chi connectivity index (χ3v) is 3.34. The van der Waals surface area contributed by atoms with Crippen LogP contribution < -0.4 is 0 Å². The van der Waals surface area contributed by atoms with Crippen LogP contribution in [-0.2, 0) is 20.9 Å². The zero-order valence-corrected chi connectivity index (χ0v) is 12.7. The van der Waals surface area contributed by atoms with Gasteiger partial charge in [0.2, 0.25) is 0 Å². The molecule has 0 aliphatic carbocycles. The summed E-state index contributed by atoms with van der Waals surface area (Å²) in [5.74, 6) is -1.33. The van der Waals surface area contributed by atoms with Crippen molar-refractivity contribution in [2.75, 3.05) is 0 Å². The van der Waals surface area contributed by atoms with Gasteiger partial charge in [-0.25, -0.2) is 0 Å². The topological polar surface area (TPSA) is 76.7 Å². The highest BCUT2D eigenvalue weighted by Gasteiger charge is 2.24. The van der Waals surface area contributed by atoms with Gasteiger partial charge in [-0.05, 0) is 24.5 Å². The number of carboxylic acid groups (broad SMARTS) is 1. The number of carbonyl (C=O) groups excluding carboxylic acids is 1. The lowest BCUT2D eigenvalue weighted by Gasteiger charge is -2.15. The molecule has 2 aromatic rings. The molecule has 0 radical (unpaired) electrons. The van der Waals surface area contributed by atoms with Gasteiger partial charge in [-0.2, -0.15) is 0 Å². The fourth-order valence-electron chi connectivity index (χ4n) is 2.41. The first-order valence-electron chi connectivity index (χ1n) is 7.31. The largest absolute Gasteiger partial charge is 0.481 e. The second-order valence-corrected chi connectivity index (χ2v) is 5.78. The third kappa shape index (κ3) is 4.35. The van der Waals surface area contributed by atoms with Gasteiger partial charge >= 0.3 is 11.9 Å². The molecular formula is C17H20O5. The number of hydrogen-bond donors (Lipinski definition) is 1. The molecule has 0 aliphatic heterocycles. The standard InChI is InChI=1S/C17H20O5/c1-11(2)7-13(9-16(18)19)17(20)21-10-14-8-12-5-3-4-6-15(12)22-14/h3-6,8,11,13H,7,9-10H2,1-2H3,(H,18,19)/t13-/m1/s1. The van der Waals surface area contributed by atoms with Crippen LogP contribution in [0.5, 0.6) is 0 Å². The molecule has 0 bridgehead atoms. The van der Waals surface area contributed by atoms with E-state index < -0.39 is 17.9 Å². The van der Waals surface area contributed by atoms with Gasteiger partial charge in [0.05, 0.1) is 12.3 Å². The Morgan fingerprint density at radius 3 is 2.64 bits per heavy atom. The van der Waals surface area contributed by atoms with E-state index in [1.165, 1.54) is 0 Å². The highest BCUT2D eigenvalue weighted by molar-refractivity contribution is 5.79. The van der Waals surface area contributed by atoms with Crippen LogP contribution in [0.3, 0.4) is 0 Å². The van der Waals surface area contributed by atoms with Gasteiger partial charge in [-0.3, -0.25) is 9.59 Å². The quantitative estimate of drug-likeness (QED) is 0.791. The van der Waals surface area contributed by atoms with E-state index in [2.05, 4.69) is 0 Å². The Labute approximate surface area is 128 Å². The third-order valence-electron chi connectivity index (χ3n) is 3.34. The molecule has 118 valence electrons. The maximum atomic E-state index is 12.1. The van der Waals surface area contributed by atoms with Crippen molar-refractivity contribution in [2.24, 2.45) is 11.8 Å². The minimum atomic E-state index is -0.994. The van der Waals surface area contributed by atoms with E-state index in [0.29, 0.717) is 12.2 Å². The monoisotopic (exact) mass is 304 g/mol. The van der Waals surface area contributed by atoms with Gasteiger partial charge in [0.15, 0.2) is 0 Å². The second kappa shape index (κ2) is 7.11. The lowest BCUT2D eigenvalue weighted by Crippen LogP contribution is -2.22. The molecule has 0 saturated carbocycles. The first kappa shape index (κ1) is 16.1. The molecule has 1 atom stereocenters. The Balaban J connectivity index is 1.98. The van der Waals surface area contributed by atoms with Crippen molar-refractivity contribution in [3.05, 3.63) is 36.1 Å². The lowest BCUT2D eigenvalue weighted by atomic mass is 9.94. The van der Waals surface area contributed by atoms with Crippen molar-refractivity contribution < 1.29 is 23.8 Å². The van der Waals surface area contributed by atoms with Crippen molar-refractivity contribution >= 4 is 22.9 Å². The van der Waals surface area contributed by atoms with Crippen molar-refractivity contribution in [1.29, 1.82) is 0 Å². The smallest absolute Gasteiger partial charge is 0.309 e. The first-order chi connectivity index (χ1) is 10.5. The van der Waals surface area contributed by atoms with Gasteiger partial charge < -0.3 is 14.3 Å². The van der Waals surface area contributed by atoms with Crippen LogP contribution in [-0.4, -0.2) is 17.0 Å². The molecular weight excluding hydrogens is 284 g/mol. The summed E-state index contributed by atoms with van der Waals surface area (Å²) in [6, 6.07) is 9.34. The summed E-state index contributed by atoms with van der Waals surface area (Å²) >= 11 is 0. The van der Waals surface area contributed by atoms with Gasteiger partial charge in [0, 0.05) is 5.39 Å². The summed E-state index contributed by atoms with van der Waals surface area (Å²) in [6.45, 7) is 3.91. The minimum Gasteiger partial charge on any atom is -0.481 e. The summed E-state index contributed by atoms with van der Waals surface area (Å²) in [7, 11) is 0. The molecule has 0 fully saturated rings. The number of carboxylic acids is 1. The molecule has 0 aliphatic rings. The minimum absolute atomic E-state index is 0.0156. The Hall–Kier alpha value is -2.30. The SMILES string of the molecule is CC(C)C[C@H](CC(=O)O)C(=O)OCc1cc2ccccc2o1. The maximum Gasteiger partial charge on any atom is 0.309 e. The summed E-state index contributed by atoms with van der Waals surface area (Å²) in [5, 5.41) is 9.84. The van der Waals surface area contributed by atoms with Gasteiger partial charge in [0.25, 0.3) is 0 Å². The van der Waals surface area contributed by atoms with Crippen molar-refractivity contribution in [3.63, 3.8) is 0 Å². The number of esters is 1. The van der Waals surface area contributed by atoms with E-state index in [1.807, 2.05) is 44.2 Å². The average molecular weight is 304 g/mol. The Morgan fingerprint density at radius 2 is 2.00 bits per heavy atom. The zero-order valence-electron chi connectivity index (χ0n) is 12.7. The number of aliphatic carboxylic acids is 1. The van der Waals surface area contributed by atoms with Crippen LogP contribution in [0.2, 0.25) is 0 Å². The average Bonchev–Trinajstić information content (AvgIpc) is 2.85. The van der Waals surface area contributed by atoms with E-state index in [0.717, 1.165) is 11.0 Å². The molecule has 0 unspecified atom stereocenters. The fraction of sp³-hybridized carbons (Fsp3) is 0.412. The van der Waals surface area contributed by atoms with Crippen LogP contribution in [0.4, 0.5) is 0 Å². The number of rotatable bonds is 7.